The molecular formula is C11H21NO4S. The van der Waals surface area contributed by atoms with Crippen LogP contribution in [-0.4, -0.2) is 45.1 Å². The lowest BCUT2D eigenvalue weighted by molar-refractivity contribution is -0.144. The van der Waals surface area contributed by atoms with Crippen molar-refractivity contribution in [2.24, 2.45) is 5.92 Å². The van der Waals surface area contributed by atoms with Crippen molar-refractivity contribution in [1.82, 2.24) is 5.32 Å². The van der Waals surface area contributed by atoms with Crippen LogP contribution in [0.5, 0.6) is 0 Å². The molecule has 0 radical (unpaired) electrons. The first kappa shape index (κ1) is 14.4. The lowest BCUT2D eigenvalue weighted by Crippen LogP contribution is -2.51. The summed E-state index contributed by atoms with van der Waals surface area (Å²) in [5, 5.41) is 3.11. The summed E-state index contributed by atoms with van der Waals surface area (Å²) >= 11 is 0. The van der Waals surface area contributed by atoms with Crippen LogP contribution >= 0.6 is 0 Å². The fourth-order valence-electron chi connectivity index (χ4n) is 2.07. The second-order valence-electron chi connectivity index (χ2n) is 4.87. The Labute approximate surface area is 103 Å². The van der Waals surface area contributed by atoms with Gasteiger partial charge in [0.2, 0.25) is 0 Å². The van der Waals surface area contributed by atoms with E-state index in [9.17, 15) is 13.2 Å². The Morgan fingerprint density at radius 1 is 1.41 bits per heavy atom. The maximum Gasteiger partial charge on any atom is 0.323 e. The second kappa shape index (κ2) is 5.82. The first-order valence-corrected chi connectivity index (χ1v) is 7.72. The van der Waals surface area contributed by atoms with E-state index >= 15 is 0 Å². The van der Waals surface area contributed by atoms with Crippen molar-refractivity contribution in [3.05, 3.63) is 0 Å². The van der Waals surface area contributed by atoms with Crippen LogP contribution in [0.1, 0.15) is 26.7 Å². The van der Waals surface area contributed by atoms with Gasteiger partial charge in [0, 0.05) is 6.04 Å². The molecule has 1 aliphatic rings. The van der Waals surface area contributed by atoms with Gasteiger partial charge in [-0.05, 0) is 18.8 Å². The molecule has 1 saturated heterocycles. The van der Waals surface area contributed by atoms with Crippen molar-refractivity contribution < 1.29 is 17.9 Å². The van der Waals surface area contributed by atoms with Gasteiger partial charge in [0.25, 0.3) is 0 Å². The largest absolute Gasteiger partial charge is 0.468 e. The number of carbonyl (C=O) groups excluding carboxylic acids is 1. The third-order valence-electron chi connectivity index (χ3n) is 3.00. The van der Waals surface area contributed by atoms with E-state index in [1.807, 2.05) is 13.8 Å². The van der Waals surface area contributed by atoms with Gasteiger partial charge in [-0.1, -0.05) is 13.8 Å². The summed E-state index contributed by atoms with van der Waals surface area (Å²) in [4.78, 5) is 11.6. The summed E-state index contributed by atoms with van der Waals surface area (Å²) in [7, 11) is -1.61. The Morgan fingerprint density at radius 3 is 2.53 bits per heavy atom. The standard InChI is InChI=1S/C11H21NO4S/c1-8(2)10(11(13)16-3)12-9-5-4-6-17(14,15)7-9/h8-10,12H,4-7H2,1-3H3. The third-order valence-corrected chi connectivity index (χ3v) is 4.82. The molecule has 1 N–H and O–H groups in total. The number of rotatable bonds is 4. The Morgan fingerprint density at radius 2 is 2.06 bits per heavy atom. The van der Waals surface area contributed by atoms with Crippen molar-refractivity contribution in [3.8, 4) is 0 Å². The van der Waals surface area contributed by atoms with Crippen LogP contribution in [0.15, 0.2) is 0 Å². The predicted octanol–water partition coefficient (Wildman–Crippen LogP) is 0.351. The van der Waals surface area contributed by atoms with Crippen molar-refractivity contribution in [1.29, 1.82) is 0 Å². The smallest absolute Gasteiger partial charge is 0.323 e. The molecule has 0 spiro atoms. The maximum atomic E-state index is 11.6. The van der Waals surface area contributed by atoms with Gasteiger partial charge in [-0.25, -0.2) is 8.42 Å². The molecule has 0 saturated carbocycles. The summed E-state index contributed by atoms with van der Waals surface area (Å²) in [6.45, 7) is 3.82. The second-order valence-corrected chi connectivity index (χ2v) is 7.09. The SMILES string of the molecule is COC(=O)C(NC1CCCS(=O)(=O)C1)C(C)C. The number of sulfone groups is 1. The summed E-state index contributed by atoms with van der Waals surface area (Å²) in [5.74, 6) is 0.123. The highest BCUT2D eigenvalue weighted by atomic mass is 32.2. The van der Waals surface area contributed by atoms with Crippen LogP contribution in [-0.2, 0) is 19.4 Å². The highest BCUT2D eigenvalue weighted by molar-refractivity contribution is 7.91. The normalized spacial score (nSPS) is 25.5. The zero-order valence-electron chi connectivity index (χ0n) is 10.6. The van der Waals surface area contributed by atoms with Crippen molar-refractivity contribution in [3.63, 3.8) is 0 Å². The highest BCUT2D eigenvalue weighted by Gasteiger charge is 2.30. The molecule has 0 aromatic carbocycles. The molecule has 0 bridgehead atoms. The number of methoxy groups -OCH3 is 1. The molecule has 1 heterocycles. The van der Waals surface area contributed by atoms with E-state index in [0.717, 1.165) is 6.42 Å². The molecule has 17 heavy (non-hydrogen) atoms. The highest BCUT2D eigenvalue weighted by Crippen LogP contribution is 2.14. The van der Waals surface area contributed by atoms with E-state index in [2.05, 4.69) is 5.32 Å². The zero-order valence-corrected chi connectivity index (χ0v) is 11.4. The maximum absolute atomic E-state index is 11.6. The van der Waals surface area contributed by atoms with Gasteiger partial charge in [0.1, 0.15) is 6.04 Å². The molecule has 2 unspecified atom stereocenters. The number of ether oxygens (including phenoxy) is 1. The van der Waals surface area contributed by atoms with E-state index in [1.54, 1.807) is 0 Å². The minimum absolute atomic E-state index is 0.0760. The number of nitrogens with one attached hydrogen (secondary N) is 1. The molecule has 0 aromatic heterocycles. The van der Waals surface area contributed by atoms with Crippen LogP contribution < -0.4 is 5.32 Å². The summed E-state index contributed by atoms with van der Waals surface area (Å²) < 4.78 is 27.7. The van der Waals surface area contributed by atoms with E-state index in [1.165, 1.54) is 7.11 Å². The average Bonchev–Trinajstić information content (AvgIpc) is 2.23. The molecule has 100 valence electrons. The summed E-state index contributed by atoms with van der Waals surface area (Å²) in [6.07, 6.45) is 1.45. The average molecular weight is 263 g/mol. The molecule has 2 atom stereocenters. The number of esters is 1. The number of hydrogen-bond acceptors (Lipinski definition) is 5. The number of hydrogen-bond donors (Lipinski definition) is 1. The monoisotopic (exact) mass is 263 g/mol. The fourth-order valence-corrected chi connectivity index (χ4v) is 3.72. The van der Waals surface area contributed by atoms with Gasteiger partial charge in [-0.3, -0.25) is 4.79 Å². The quantitative estimate of drug-likeness (QED) is 0.741. The molecule has 1 rings (SSSR count). The number of carbonyl (C=O) groups is 1. The van der Waals surface area contributed by atoms with E-state index in [4.69, 9.17) is 4.74 Å². The van der Waals surface area contributed by atoms with E-state index in [0.29, 0.717) is 6.42 Å². The molecule has 5 nitrogen and oxygen atoms in total. The minimum Gasteiger partial charge on any atom is -0.468 e. The Kier molecular flexibility index (Phi) is 4.94. The first-order chi connectivity index (χ1) is 7.85. The zero-order chi connectivity index (χ0) is 13.1. The molecule has 0 amide bonds. The minimum atomic E-state index is -2.95. The van der Waals surface area contributed by atoms with Crippen molar-refractivity contribution >= 4 is 15.8 Å². The lowest BCUT2D eigenvalue weighted by Gasteiger charge is -2.28. The molecule has 1 fully saturated rings. The van der Waals surface area contributed by atoms with E-state index < -0.39 is 15.9 Å². The molecular weight excluding hydrogens is 242 g/mol. The van der Waals surface area contributed by atoms with Crippen LogP contribution in [0.3, 0.4) is 0 Å². The van der Waals surface area contributed by atoms with Gasteiger partial charge >= 0.3 is 5.97 Å². The summed E-state index contributed by atoms with van der Waals surface area (Å²) in [6, 6.07) is -0.571. The Bertz CT molecular complexity index is 364. The molecule has 1 aliphatic heterocycles. The van der Waals surface area contributed by atoms with Crippen LogP contribution in [0.2, 0.25) is 0 Å². The predicted molar refractivity (Wildman–Crippen MR) is 65.5 cm³/mol. The lowest BCUT2D eigenvalue weighted by atomic mass is 10.0. The van der Waals surface area contributed by atoms with Crippen LogP contribution in [0, 0.1) is 5.92 Å². The topological polar surface area (TPSA) is 72.5 Å². The van der Waals surface area contributed by atoms with Crippen molar-refractivity contribution in [2.45, 2.75) is 38.8 Å². The van der Waals surface area contributed by atoms with Crippen LogP contribution in [0.25, 0.3) is 0 Å². The Balaban J connectivity index is 2.64. The molecule has 0 aromatic rings. The van der Waals surface area contributed by atoms with Gasteiger partial charge in [0.15, 0.2) is 9.84 Å². The Hall–Kier alpha value is -0.620. The molecule has 0 aliphatic carbocycles. The third kappa shape index (κ3) is 4.27. The van der Waals surface area contributed by atoms with Crippen LogP contribution in [0.4, 0.5) is 0 Å². The van der Waals surface area contributed by atoms with Gasteiger partial charge in [-0.2, -0.15) is 0 Å². The van der Waals surface area contributed by atoms with Gasteiger partial charge in [0.05, 0.1) is 18.6 Å². The first-order valence-electron chi connectivity index (χ1n) is 5.90. The fraction of sp³-hybridized carbons (Fsp3) is 0.909. The van der Waals surface area contributed by atoms with Crippen molar-refractivity contribution in [2.75, 3.05) is 18.6 Å². The molecule has 6 heteroatoms. The van der Waals surface area contributed by atoms with Gasteiger partial charge in [-0.15, -0.1) is 0 Å². The summed E-state index contributed by atoms with van der Waals surface area (Å²) in [5.41, 5.74) is 0. The van der Waals surface area contributed by atoms with Gasteiger partial charge < -0.3 is 10.1 Å². The van der Waals surface area contributed by atoms with E-state index in [-0.39, 0.29) is 29.4 Å².